The lowest BCUT2D eigenvalue weighted by molar-refractivity contribution is 0.422. The summed E-state index contributed by atoms with van der Waals surface area (Å²) < 4.78 is 15.6. The summed E-state index contributed by atoms with van der Waals surface area (Å²) in [5.41, 5.74) is 0. The van der Waals surface area contributed by atoms with Crippen molar-refractivity contribution in [1.82, 2.24) is 0 Å². The van der Waals surface area contributed by atoms with E-state index in [-0.39, 0.29) is 0 Å². The SMILES string of the molecule is COS(C)(C)(C)=O. The van der Waals surface area contributed by atoms with Crippen molar-refractivity contribution in [3.63, 3.8) is 0 Å². The fourth-order valence-corrected chi connectivity index (χ4v) is 0. The van der Waals surface area contributed by atoms with Crippen LogP contribution in [-0.2, 0) is 13.5 Å². The van der Waals surface area contributed by atoms with Gasteiger partial charge in [-0.3, -0.25) is 4.18 Å². The molecule has 0 aromatic heterocycles. The summed E-state index contributed by atoms with van der Waals surface area (Å²) in [5.74, 6) is 0. The Balaban J connectivity index is 4.14. The summed E-state index contributed by atoms with van der Waals surface area (Å²) in [6.07, 6.45) is 4.78. The summed E-state index contributed by atoms with van der Waals surface area (Å²) in [5, 5.41) is 0. The van der Waals surface area contributed by atoms with Crippen molar-refractivity contribution in [2.45, 2.75) is 0 Å². The largest absolute Gasteiger partial charge is 0.292 e. The lowest BCUT2D eigenvalue weighted by atomic mass is 11.8. The quantitative estimate of drug-likeness (QED) is 0.501. The highest BCUT2D eigenvalue weighted by Crippen LogP contribution is 2.09. The molecule has 0 saturated heterocycles. The van der Waals surface area contributed by atoms with Gasteiger partial charge in [0.15, 0.2) is 0 Å². The highest BCUT2D eigenvalue weighted by atomic mass is 32.3. The molecule has 0 radical (unpaired) electrons. The molecule has 3 heteroatoms. The summed E-state index contributed by atoms with van der Waals surface area (Å²) in [4.78, 5) is 0. The van der Waals surface area contributed by atoms with E-state index in [0.717, 1.165) is 0 Å². The second kappa shape index (κ2) is 1.29. The van der Waals surface area contributed by atoms with Gasteiger partial charge in [0.05, 0.1) is 7.11 Å². The van der Waals surface area contributed by atoms with Gasteiger partial charge in [0.25, 0.3) is 0 Å². The molecule has 0 amide bonds. The zero-order valence-electron chi connectivity index (χ0n) is 5.22. The van der Waals surface area contributed by atoms with Crippen molar-refractivity contribution in [2.75, 3.05) is 25.9 Å². The Labute approximate surface area is 44.5 Å². The second-order valence-electron chi connectivity index (χ2n) is 2.46. The van der Waals surface area contributed by atoms with E-state index in [1.165, 1.54) is 7.11 Å². The Morgan fingerprint density at radius 1 is 1.29 bits per heavy atom. The van der Waals surface area contributed by atoms with Crippen LogP contribution in [-0.4, -0.2) is 30.1 Å². The van der Waals surface area contributed by atoms with E-state index in [2.05, 4.69) is 4.18 Å². The topological polar surface area (TPSA) is 26.3 Å². The molecule has 0 atom stereocenters. The third-order valence-electron chi connectivity index (χ3n) is 0.568. The molecule has 0 aromatic rings. The number of hydrogen-bond donors (Lipinski definition) is 0. The first-order chi connectivity index (χ1) is 2.81. The van der Waals surface area contributed by atoms with Crippen molar-refractivity contribution in [1.29, 1.82) is 0 Å². The molecular formula is C4H12O2S. The summed E-state index contributed by atoms with van der Waals surface area (Å²) in [6.45, 7) is 0. The van der Waals surface area contributed by atoms with E-state index in [4.69, 9.17) is 0 Å². The Hall–Kier alpha value is 0.110. The van der Waals surface area contributed by atoms with Crippen LogP contribution >= 0.6 is 0 Å². The van der Waals surface area contributed by atoms with Gasteiger partial charge in [-0.1, -0.05) is 0 Å². The summed E-state index contributed by atoms with van der Waals surface area (Å²) in [7, 11) is -1.16. The van der Waals surface area contributed by atoms with Crippen LogP contribution in [0, 0.1) is 0 Å². The van der Waals surface area contributed by atoms with Crippen molar-refractivity contribution in [3.8, 4) is 0 Å². The molecule has 0 heterocycles. The normalized spacial score (nSPS) is 18.0. The van der Waals surface area contributed by atoms with E-state index in [1.807, 2.05) is 0 Å². The maximum atomic E-state index is 10.9. The Kier molecular flexibility index (Phi) is 1.31. The van der Waals surface area contributed by atoms with Gasteiger partial charge in [0.2, 0.25) is 0 Å². The maximum Gasteiger partial charge on any atom is 0.0597 e. The molecule has 0 aliphatic heterocycles. The zero-order chi connectivity index (χ0) is 6.15. The first-order valence-electron chi connectivity index (χ1n) is 1.97. The Bertz CT molecular complexity index is 111. The van der Waals surface area contributed by atoms with Crippen molar-refractivity contribution >= 4 is 9.35 Å². The van der Waals surface area contributed by atoms with Gasteiger partial charge >= 0.3 is 0 Å². The fraction of sp³-hybridized carbons (Fsp3) is 1.00. The van der Waals surface area contributed by atoms with Gasteiger partial charge in [-0.25, -0.2) is 4.21 Å². The minimum atomic E-state index is -2.62. The molecule has 7 heavy (non-hydrogen) atoms. The maximum absolute atomic E-state index is 10.9. The lowest BCUT2D eigenvalue weighted by Crippen LogP contribution is -2.28. The molecule has 0 spiro atoms. The average Bonchev–Trinajstić information content (AvgIpc) is 1.32. The van der Waals surface area contributed by atoms with Gasteiger partial charge in [0.1, 0.15) is 0 Å². The van der Waals surface area contributed by atoms with Crippen LogP contribution in [0.3, 0.4) is 0 Å². The van der Waals surface area contributed by atoms with Gasteiger partial charge in [0, 0.05) is 18.8 Å². The molecule has 0 aliphatic rings. The van der Waals surface area contributed by atoms with Crippen LogP contribution in [0.25, 0.3) is 0 Å². The highest BCUT2D eigenvalue weighted by molar-refractivity contribution is 8.14. The highest BCUT2D eigenvalue weighted by Gasteiger charge is 2.05. The fourth-order valence-electron chi connectivity index (χ4n) is 0. The Morgan fingerprint density at radius 2 is 1.43 bits per heavy atom. The van der Waals surface area contributed by atoms with Gasteiger partial charge in [-0.15, -0.1) is 0 Å². The molecule has 0 aromatic carbocycles. The molecule has 0 unspecified atom stereocenters. The van der Waals surface area contributed by atoms with Crippen LogP contribution in [0.4, 0.5) is 0 Å². The van der Waals surface area contributed by atoms with Crippen molar-refractivity contribution in [3.05, 3.63) is 0 Å². The number of rotatable bonds is 1. The van der Waals surface area contributed by atoms with E-state index < -0.39 is 9.35 Å². The Morgan fingerprint density at radius 3 is 1.43 bits per heavy atom. The van der Waals surface area contributed by atoms with Crippen LogP contribution in [0.5, 0.6) is 0 Å². The second-order valence-corrected chi connectivity index (χ2v) is 7.38. The minimum absolute atomic E-state index is 1.45. The van der Waals surface area contributed by atoms with E-state index in [9.17, 15) is 4.21 Å². The molecule has 2 nitrogen and oxygen atoms in total. The van der Waals surface area contributed by atoms with Crippen molar-refractivity contribution in [2.24, 2.45) is 0 Å². The van der Waals surface area contributed by atoms with Crippen LogP contribution in [0.15, 0.2) is 0 Å². The lowest BCUT2D eigenvalue weighted by Gasteiger charge is -2.32. The van der Waals surface area contributed by atoms with Crippen LogP contribution in [0.1, 0.15) is 0 Å². The van der Waals surface area contributed by atoms with Gasteiger partial charge < -0.3 is 0 Å². The average molecular weight is 124 g/mol. The van der Waals surface area contributed by atoms with Gasteiger partial charge in [-0.2, -0.15) is 9.35 Å². The van der Waals surface area contributed by atoms with Crippen molar-refractivity contribution < 1.29 is 8.39 Å². The third kappa shape index (κ3) is 6.11. The molecule has 0 aliphatic carbocycles. The molecule has 0 bridgehead atoms. The monoisotopic (exact) mass is 124 g/mol. The number of hydrogen-bond acceptors (Lipinski definition) is 2. The van der Waals surface area contributed by atoms with Crippen LogP contribution in [0.2, 0.25) is 0 Å². The third-order valence-corrected chi connectivity index (χ3v) is 1.70. The zero-order valence-corrected chi connectivity index (χ0v) is 6.04. The smallest absolute Gasteiger partial charge is 0.0597 e. The minimum Gasteiger partial charge on any atom is -0.292 e. The first kappa shape index (κ1) is 7.11. The predicted molar refractivity (Wildman–Crippen MR) is 32.9 cm³/mol. The molecule has 0 rings (SSSR count). The summed E-state index contributed by atoms with van der Waals surface area (Å²) >= 11 is 0. The standard InChI is InChI=1S/C4H12O2S/c1-6-7(2,3,4)5/h1-4H3. The molecule has 46 valence electrons. The van der Waals surface area contributed by atoms with E-state index >= 15 is 0 Å². The molecule has 0 N–H and O–H groups in total. The molecular weight excluding hydrogens is 112 g/mol. The molecule has 0 saturated carbocycles. The molecule has 0 fully saturated rings. The summed E-state index contributed by atoms with van der Waals surface area (Å²) in [6, 6.07) is 0. The van der Waals surface area contributed by atoms with Gasteiger partial charge in [-0.05, 0) is 0 Å². The first-order valence-corrected chi connectivity index (χ1v) is 5.08. The predicted octanol–water partition coefficient (Wildman–Crippen LogP) is 0.257. The van der Waals surface area contributed by atoms with E-state index in [1.54, 1.807) is 18.8 Å². The van der Waals surface area contributed by atoms with Crippen LogP contribution < -0.4 is 0 Å². The van der Waals surface area contributed by atoms with E-state index in [0.29, 0.717) is 0 Å².